The maximum absolute atomic E-state index is 14.2. The molecule has 38 heavy (non-hydrogen) atoms. The quantitative estimate of drug-likeness (QED) is 0.148. The standard InChI is InChI=1S/C24H16Cl3F5N4OS/c25-13-3-1-11(9-14(13)26)23(37)34-24(38)33-12-2-4-16(15(27)10-12)35-5-7-36(8-6-35)22-20(31)18(29)17(28)19(30)21(22)32/h1-4,9-10H,5-8H2,(H2,33,34,37,38). The van der Waals surface area contributed by atoms with E-state index < -0.39 is 40.7 Å². The van der Waals surface area contributed by atoms with Crippen molar-refractivity contribution in [1.29, 1.82) is 0 Å². The first kappa shape index (κ1) is 28.2. The van der Waals surface area contributed by atoms with Gasteiger partial charge < -0.3 is 15.1 Å². The van der Waals surface area contributed by atoms with E-state index in [9.17, 15) is 26.7 Å². The monoisotopic (exact) mass is 608 g/mol. The van der Waals surface area contributed by atoms with E-state index in [4.69, 9.17) is 47.0 Å². The number of benzene rings is 3. The third-order valence-corrected chi connectivity index (χ3v) is 6.98. The maximum atomic E-state index is 14.2. The number of carbonyl (C=O) groups is 1. The van der Waals surface area contributed by atoms with Crippen molar-refractivity contribution in [3.8, 4) is 0 Å². The van der Waals surface area contributed by atoms with Crippen molar-refractivity contribution >= 4 is 75.1 Å². The summed E-state index contributed by atoms with van der Waals surface area (Å²) in [6.07, 6.45) is 0. The Morgan fingerprint density at radius 2 is 1.32 bits per heavy atom. The Labute approximate surface area is 234 Å². The lowest BCUT2D eigenvalue weighted by Crippen LogP contribution is -2.47. The van der Waals surface area contributed by atoms with Gasteiger partial charge in [-0.05, 0) is 48.6 Å². The number of hydrogen-bond donors (Lipinski definition) is 2. The van der Waals surface area contributed by atoms with E-state index in [1.807, 2.05) is 0 Å². The minimum Gasteiger partial charge on any atom is -0.367 e. The lowest BCUT2D eigenvalue weighted by molar-refractivity contribution is 0.0977. The summed E-state index contributed by atoms with van der Waals surface area (Å²) < 4.78 is 68.9. The molecule has 0 aliphatic carbocycles. The summed E-state index contributed by atoms with van der Waals surface area (Å²) >= 11 is 23.4. The lowest BCUT2D eigenvalue weighted by atomic mass is 10.2. The molecule has 2 N–H and O–H groups in total. The molecule has 0 bridgehead atoms. The fourth-order valence-electron chi connectivity index (χ4n) is 3.86. The third kappa shape index (κ3) is 5.75. The highest BCUT2D eigenvalue weighted by Crippen LogP contribution is 2.33. The largest absolute Gasteiger partial charge is 0.367 e. The van der Waals surface area contributed by atoms with Crippen LogP contribution >= 0.6 is 47.0 Å². The molecule has 4 rings (SSSR count). The molecular weight excluding hydrogens is 594 g/mol. The van der Waals surface area contributed by atoms with Crippen molar-refractivity contribution in [3.63, 3.8) is 0 Å². The van der Waals surface area contributed by atoms with E-state index in [1.165, 1.54) is 18.2 Å². The minimum atomic E-state index is -2.20. The molecule has 1 saturated heterocycles. The van der Waals surface area contributed by atoms with E-state index in [0.717, 1.165) is 4.90 Å². The van der Waals surface area contributed by atoms with Crippen LogP contribution in [0.2, 0.25) is 15.1 Å². The highest BCUT2D eigenvalue weighted by molar-refractivity contribution is 7.80. The van der Waals surface area contributed by atoms with Gasteiger partial charge in [-0.25, -0.2) is 22.0 Å². The first-order valence-corrected chi connectivity index (χ1v) is 12.4. The minimum absolute atomic E-state index is 0.00122. The topological polar surface area (TPSA) is 47.6 Å². The van der Waals surface area contributed by atoms with Crippen molar-refractivity contribution in [2.75, 3.05) is 41.3 Å². The van der Waals surface area contributed by atoms with E-state index in [0.29, 0.717) is 21.4 Å². The van der Waals surface area contributed by atoms with Crippen LogP contribution in [0, 0.1) is 29.1 Å². The van der Waals surface area contributed by atoms with Gasteiger partial charge in [0.2, 0.25) is 5.82 Å². The van der Waals surface area contributed by atoms with Crippen LogP contribution in [0.3, 0.4) is 0 Å². The highest BCUT2D eigenvalue weighted by atomic mass is 35.5. The number of nitrogens with one attached hydrogen (secondary N) is 2. The number of halogens is 8. The zero-order valence-corrected chi connectivity index (χ0v) is 22.1. The molecule has 0 saturated carbocycles. The molecule has 1 amide bonds. The van der Waals surface area contributed by atoms with Crippen molar-refractivity contribution < 1.29 is 26.7 Å². The van der Waals surface area contributed by atoms with Gasteiger partial charge in [-0.1, -0.05) is 34.8 Å². The van der Waals surface area contributed by atoms with Gasteiger partial charge in [-0.2, -0.15) is 0 Å². The van der Waals surface area contributed by atoms with Crippen LogP contribution in [0.5, 0.6) is 0 Å². The Hall–Kier alpha value is -2.86. The molecule has 3 aromatic rings. The van der Waals surface area contributed by atoms with Crippen molar-refractivity contribution in [3.05, 3.63) is 86.1 Å². The molecule has 1 aliphatic heterocycles. The fraction of sp³-hybridized carbons (Fsp3) is 0.167. The second-order valence-electron chi connectivity index (χ2n) is 8.10. The predicted octanol–water partition coefficient (Wildman–Crippen LogP) is 6.80. The summed E-state index contributed by atoms with van der Waals surface area (Å²) in [6.45, 7) is 0.368. The van der Waals surface area contributed by atoms with Gasteiger partial charge in [0.15, 0.2) is 28.4 Å². The number of nitrogens with zero attached hydrogens (tertiary/aromatic N) is 2. The summed E-state index contributed by atoms with van der Waals surface area (Å²) in [5, 5.41) is 6.18. The summed E-state index contributed by atoms with van der Waals surface area (Å²) in [7, 11) is 0. The zero-order chi connectivity index (χ0) is 27.7. The summed E-state index contributed by atoms with van der Waals surface area (Å²) in [5.74, 6) is -10.4. The molecule has 1 fully saturated rings. The second kappa shape index (κ2) is 11.5. The summed E-state index contributed by atoms with van der Waals surface area (Å²) in [4.78, 5) is 15.3. The number of hydrogen-bond acceptors (Lipinski definition) is 4. The molecule has 0 unspecified atom stereocenters. The van der Waals surface area contributed by atoms with E-state index in [1.54, 1.807) is 23.1 Å². The van der Waals surface area contributed by atoms with Crippen LogP contribution in [-0.2, 0) is 0 Å². The first-order chi connectivity index (χ1) is 18.0. The van der Waals surface area contributed by atoms with Crippen LogP contribution in [-0.4, -0.2) is 37.2 Å². The number of amides is 1. The highest BCUT2D eigenvalue weighted by Gasteiger charge is 2.31. The molecule has 0 atom stereocenters. The molecule has 3 aromatic carbocycles. The molecule has 0 radical (unpaired) electrons. The zero-order valence-electron chi connectivity index (χ0n) is 19.0. The first-order valence-electron chi connectivity index (χ1n) is 10.9. The Kier molecular flexibility index (Phi) is 8.51. The number of anilines is 3. The third-order valence-electron chi connectivity index (χ3n) is 5.74. The Morgan fingerprint density at radius 1 is 0.737 bits per heavy atom. The van der Waals surface area contributed by atoms with Gasteiger partial charge in [0.1, 0.15) is 5.69 Å². The number of rotatable bonds is 4. The lowest BCUT2D eigenvalue weighted by Gasteiger charge is -2.38. The van der Waals surface area contributed by atoms with Crippen molar-refractivity contribution in [1.82, 2.24) is 5.32 Å². The molecular formula is C24H16Cl3F5N4OS. The smallest absolute Gasteiger partial charge is 0.257 e. The van der Waals surface area contributed by atoms with Gasteiger partial charge in [-0.3, -0.25) is 10.1 Å². The van der Waals surface area contributed by atoms with E-state index >= 15 is 0 Å². The molecule has 5 nitrogen and oxygen atoms in total. The molecule has 0 spiro atoms. The van der Waals surface area contributed by atoms with E-state index in [-0.39, 0.29) is 41.9 Å². The SMILES string of the molecule is O=C(NC(=S)Nc1ccc(N2CCN(c3c(F)c(F)c(F)c(F)c3F)CC2)c(Cl)c1)c1ccc(Cl)c(Cl)c1. The number of piperazine rings is 1. The second-order valence-corrected chi connectivity index (χ2v) is 9.73. The molecule has 0 aromatic heterocycles. The van der Waals surface area contributed by atoms with Crippen molar-refractivity contribution in [2.24, 2.45) is 0 Å². The van der Waals surface area contributed by atoms with Gasteiger partial charge in [0.25, 0.3) is 5.91 Å². The van der Waals surface area contributed by atoms with Gasteiger partial charge in [0.05, 0.1) is 20.8 Å². The normalized spacial score (nSPS) is 13.5. The molecule has 200 valence electrons. The maximum Gasteiger partial charge on any atom is 0.257 e. The van der Waals surface area contributed by atoms with Crippen LogP contribution in [0.15, 0.2) is 36.4 Å². The average Bonchev–Trinajstić information content (AvgIpc) is 2.88. The summed E-state index contributed by atoms with van der Waals surface area (Å²) in [6, 6.07) is 9.25. The number of carbonyl (C=O) groups excluding carboxylic acids is 1. The number of thiocarbonyl (C=S) groups is 1. The predicted molar refractivity (Wildman–Crippen MR) is 142 cm³/mol. The van der Waals surface area contributed by atoms with Crippen LogP contribution < -0.4 is 20.4 Å². The molecule has 1 aliphatic rings. The van der Waals surface area contributed by atoms with Crippen molar-refractivity contribution in [2.45, 2.75) is 0 Å². The van der Waals surface area contributed by atoms with Crippen LogP contribution in [0.4, 0.5) is 39.0 Å². The van der Waals surface area contributed by atoms with Crippen LogP contribution in [0.25, 0.3) is 0 Å². The summed E-state index contributed by atoms with van der Waals surface area (Å²) in [5.41, 5.74) is 0.350. The van der Waals surface area contributed by atoms with Gasteiger partial charge in [0, 0.05) is 37.4 Å². The van der Waals surface area contributed by atoms with Gasteiger partial charge in [-0.15, -0.1) is 0 Å². The Balaban J connectivity index is 1.39. The average molecular weight is 610 g/mol. The van der Waals surface area contributed by atoms with Crippen LogP contribution in [0.1, 0.15) is 10.4 Å². The Morgan fingerprint density at radius 3 is 1.89 bits per heavy atom. The molecule has 14 heteroatoms. The molecule has 1 heterocycles. The fourth-order valence-corrected chi connectivity index (χ4v) is 4.67. The Bertz CT molecular complexity index is 1410. The van der Waals surface area contributed by atoms with E-state index in [2.05, 4.69) is 10.6 Å². The van der Waals surface area contributed by atoms with Gasteiger partial charge >= 0.3 is 0 Å².